The molecule has 1 heterocycles. The molecule has 0 aliphatic rings. The molecular formula is C19H19N3O3. The lowest BCUT2D eigenvalue weighted by atomic mass is 10.0. The fourth-order valence-corrected chi connectivity index (χ4v) is 2.62. The van der Waals surface area contributed by atoms with Crippen molar-refractivity contribution < 1.29 is 15.0 Å². The smallest absolute Gasteiger partial charge is 0.267 e. The predicted molar refractivity (Wildman–Crippen MR) is 94.9 cm³/mol. The highest BCUT2D eigenvalue weighted by molar-refractivity contribution is 5.93. The molecule has 128 valence electrons. The minimum atomic E-state index is -0.620. The molecule has 0 aliphatic carbocycles. The Morgan fingerprint density at radius 1 is 1.08 bits per heavy atom. The summed E-state index contributed by atoms with van der Waals surface area (Å²) in [4.78, 5) is 11.8. The van der Waals surface area contributed by atoms with E-state index in [0.717, 1.165) is 0 Å². The van der Waals surface area contributed by atoms with Crippen LogP contribution in [0.25, 0.3) is 16.9 Å². The van der Waals surface area contributed by atoms with Crippen molar-refractivity contribution in [2.24, 2.45) is 5.73 Å². The standard InChI is InChI=1S/C19H19N3O3/c1-11(2)12-3-5-13(6-4-12)22-17(19(20)25)10-16(21-22)15-8-7-14(23)9-18(15)24/h3-11,23-24H,1-2H3,(H2,20,25). The van der Waals surface area contributed by atoms with E-state index in [1.165, 1.54) is 34.5 Å². The van der Waals surface area contributed by atoms with Crippen molar-refractivity contribution >= 4 is 5.91 Å². The summed E-state index contributed by atoms with van der Waals surface area (Å²) in [5.74, 6) is -0.410. The van der Waals surface area contributed by atoms with Crippen molar-refractivity contribution in [2.45, 2.75) is 19.8 Å². The molecular weight excluding hydrogens is 318 g/mol. The number of amides is 1. The average molecular weight is 337 g/mol. The van der Waals surface area contributed by atoms with Crippen molar-refractivity contribution in [3.8, 4) is 28.4 Å². The number of carbonyl (C=O) groups excluding carboxylic acids is 1. The second-order valence-corrected chi connectivity index (χ2v) is 6.14. The summed E-state index contributed by atoms with van der Waals surface area (Å²) in [5.41, 5.74) is 8.35. The highest BCUT2D eigenvalue weighted by Gasteiger charge is 2.17. The molecule has 3 rings (SSSR count). The van der Waals surface area contributed by atoms with Gasteiger partial charge in [-0.25, -0.2) is 4.68 Å². The maximum atomic E-state index is 11.8. The third kappa shape index (κ3) is 3.19. The Kier molecular flexibility index (Phi) is 4.19. The number of phenolic OH excluding ortho intramolecular Hbond substituents is 2. The minimum absolute atomic E-state index is 0.0555. The van der Waals surface area contributed by atoms with E-state index in [1.54, 1.807) is 0 Å². The second kappa shape index (κ2) is 6.32. The lowest BCUT2D eigenvalue weighted by molar-refractivity contribution is 0.0993. The van der Waals surface area contributed by atoms with Crippen molar-refractivity contribution in [1.29, 1.82) is 0 Å². The Balaban J connectivity index is 2.10. The van der Waals surface area contributed by atoms with Gasteiger partial charge in [-0.1, -0.05) is 26.0 Å². The number of rotatable bonds is 4. The van der Waals surface area contributed by atoms with Gasteiger partial charge in [0, 0.05) is 11.6 Å². The Bertz CT molecular complexity index is 928. The number of primary amides is 1. The number of benzene rings is 2. The Hall–Kier alpha value is -3.28. The van der Waals surface area contributed by atoms with E-state index >= 15 is 0 Å². The van der Waals surface area contributed by atoms with Gasteiger partial charge in [0.2, 0.25) is 0 Å². The van der Waals surface area contributed by atoms with Gasteiger partial charge in [0.1, 0.15) is 17.2 Å². The van der Waals surface area contributed by atoms with E-state index in [9.17, 15) is 15.0 Å². The van der Waals surface area contributed by atoms with Crippen LogP contribution in [-0.4, -0.2) is 25.9 Å². The average Bonchev–Trinajstić information content (AvgIpc) is 3.00. The Morgan fingerprint density at radius 3 is 2.32 bits per heavy atom. The van der Waals surface area contributed by atoms with Gasteiger partial charge >= 0.3 is 0 Å². The number of carbonyl (C=O) groups is 1. The molecule has 25 heavy (non-hydrogen) atoms. The second-order valence-electron chi connectivity index (χ2n) is 6.14. The number of nitrogens with zero attached hydrogens (tertiary/aromatic N) is 2. The molecule has 3 aromatic rings. The minimum Gasteiger partial charge on any atom is -0.508 e. The van der Waals surface area contributed by atoms with Gasteiger partial charge in [-0.2, -0.15) is 5.10 Å². The fraction of sp³-hybridized carbons (Fsp3) is 0.158. The van der Waals surface area contributed by atoms with Crippen molar-refractivity contribution in [1.82, 2.24) is 9.78 Å². The van der Waals surface area contributed by atoms with E-state index < -0.39 is 5.91 Å². The molecule has 0 spiro atoms. The summed E-state index contributed by atoms with van der Waals surface area (Å²) in [7, 11) is 0. The summed E-state index contributed by atoms with van der Waals surface area (Å²) >= 11 is 0. The van der Waals surface area contributed by atoms with Gasteiger partial charge < -0.3 is 15.9 Å². The molecule has 0 aliphatic heterocycles. The first-order valence-corrected chi connectivity index (χ1v) is 7.89. The molecule has 6 nitrogen and oxygen atoms in total. The van der Waals surface area contributed by atoms with Crippen LogP contribution in [0.3, 0.4) is 0 Å². The number of hydrogen-bond acceptors (Lipinski definition) is 4. The molecule has 6 heteroatoms. The van der Waals surface area contributed by atoms with Crippen LogP contribution >= 0.6 is 0 Å². The van der Waals surface area contributed by atoms with Crippen molar-refractivity contribution in [3.05, 3.63) is 59.8 Å². The maximum Gasteiger partial charge on any atom is 0.267 e. The summed E-state index contributed by atoms with van der Waals surface area (Å²) in [6, 6.07) is 13.4. The predicted octanol–water partition coefficient (Wildman–Crippen LogP) is 3.17. The highest BCUT2D eigenvalue weighted by atomic mass is 16.3. The quantitative estimate of drug-likeness (QED) is 0.680. The third-order valence-corrected chi connectivity index (χ3v) is 4.02. The van der Waals surface area contributed by atoms with Gasteiger partial charge in [-0.3, -0.25) is 4.79 Å². The van der Waals surface area contributed by atoms with Gasteiger partial charge in [-0.15, -0.1) is 0 Å². The molecule has 1 amide bonds. The zero-order chi connectivity index (χ0) is 18.1. The van der Waals surface area contributed by atoms with Crippen molar-refractivity contribution in [2.75, 3.05) is 0 Å². The number of aromatic nitrogens is 2. The van der Waals surface area contributed by atoms with Crippen LogP contribution in [0.2, 0.25) is 0 Å². The molecule has 4 N–H and O–H groups in total. The van der Waals surface area contributed by atoms with E-state index in [-0.39, 0.29) is 17.2 Å². The van der Waals surface area contributed by atoms with Crippen LogP contribution in [0.1, 0.15) is 35.8 Å². The SMILES string of the molecule is CC(C)c1ccc(-n2nc(-c3ccc(O)cc3O)cc2C(N)=O)cc1. The largest absolute Gasteiger partial charge is 0.508 e. The van der Waals surface area contributed by atoms with Gasteiger partial charge in [0.15, 0.2) is 0 Å². The summed E-state index contributed by atoms with van der Waals surface area (Å²) < 4.78 is 1.45. The number of phenols is 2. The monoisotopic (exact) mass is 337 g/mol. The molecule has 0 saturated carbocycles. The Morgan fingerprint density at radius 2 is 1.76 bits per heavy atom. The maximum absolute atomic E-state index is 11.8. The van der Waals surface area contributed by atoms with E-state index in [2.05, 4.69) is 18.9 Å². The Labute approximate surface area is 145 Å². The van der Waals surface area contributed by atoms with E-state index in [0.29, 0.717) is 22.9 Å². The normalized spacial score (nSPS) is 11.0. The molecule has 0 radical (unpaired) electrons. The topological polar surface area (TPSA) is 101 Å². The molecule has 0 fully saturated rings. The van der Waals surface area contributed by atoms with Gasteiger partial charge in [0.25, 0.3) is 5.91 Å². The highest BCUT2D eigenvalue weighted by Crippen LogP contribution is 2.32. The molecule has 2 aromatic carbocycles. The van der Waals surface area contributed by atoms with Crippen molar-refractivity contribution in [3.63, 3.8) is 0 Å². The van der Waals surface area contributed by atoms with Crippen LogP contribution < -0.4 is 5.73 Å². The molecule has 0 atom stereocenters. The van der Waals surface area contributed by atoms with Gasteiger partial charge in [-0.05, 0) is 41.8 Å². The lowest BCUT2D eigenvalue weighted by Crippen LogP contribution is -2.16. The number of hydrogen-bond donors (Lipinski definition) is 3. The van der Waals surface area contributed by atoms with Crippen LogP contribution in [0.4, 0.5) is 0 Å². The first-order chi connectivity index (χ1) is 11.9. The van der Waals surface area contributed by atoms with Crippen LogP contribution in [0.5, 0.6) is 11.5 Å². The summed E-state index contributed by atoms with van der Waals surface area (Å²) in [6.07, 6.45) is 0. The summed E-state index contributed by atoms with van der Waals surface area (Å²) in [5, 5.41) is 23.9. The van der Waals surface area contributed by atoms with E-state index in [4.69, 9.17) is 5.73 Å². The molecule has 0 bridgehead atoms. The first kappa shape index (κ1) is 16.6. The van der Waals surface area contributed by atoms with Gasteiger partial charge in [0.05, 0.1) is 11.4 Å². The zero-order valence-corrected chi connectivity index (χ0v) is 14.0. The van der Waals surface area contributed by atoms with Crippen LogP contribution in [0.15, 0.2) is 48.5 Å². The zero-order valence-electron chi connectivity index (χ0n) is 14.0. The fourth-order valence-electron chi connectivity index (χ4n) is 2.62. The molecule has 0 unspecified atom stereocenters. The van der Waals surface area contributed by atoms with E-state index in [1.807, 2.05) is 24.3 Å². The van der Waals surface area contributed by atoms with Crippen LogP contribution in [-0.2, 0) is 0 Å². The lowest BCUT2D eigenvalue weighted by Gasteiger charge is -2.08. The third-order valence-electron chi connectivity index (χ3n) is 4.02. The molecule has 1 aromatic heterocycles. The van der Waals surface area contributed by atoms with Crippen LogP contribution in [0, 0.1) is 0 Å². The molecule has 0 saturated heterocycles. The first-order valence-electron chi connectivity index (χ1n) is 7.89. The number of nitrogens with two attached hydrogens (primary N) is 1. The number of aromatic hydroxyl groups is 2. The summed E-state index contributed by atoms with van der Waals surface area (Å²) in [6.45, 7) is 4.20.